The smallest absolute Gasteiger partial charge is 0.243 e. The molecule has 0 spiro atoms. The minimum absolute atomic E-state index is 0.0901. The lowest BCUT2D eigenvalue weighted by atomic mass is 9.99. The lowest BCUT2D eigenvalue weighted by molar-refractivity contribution is -0.120. The van der Waals surface area contributed by atoms with Crippen molar-refractivity contribution in [2.75, 3.05) is 25.5 Å². The number of nitrogens with one attached hydrogen (secondary N) is 1. The number of hydrogen-bond acceptors (Lipinski definition) is 4. The first-order chi connectivity index (χ1) is 13.3. The van der Waals surface area contributed by atoms with Gasteiger partial charge >= 0.3 is 0 Å². The largest absolute Gasteiger partial charge is 0.495 e. The number of hydrogen-bond donors (Lipinski definition) is 1. The Hall–Kier alpha value is -1.61. The summed E-state index contributed by atoms with van der Waals surface area (Å²) in [5.74, 6) is -0.193. The molecule has 1 fully saturated rings. The number of piperidine rings is 1. The van der Waals surface area contributed by atoms with Crippen LogP contribution in [0.15, 0.2) is 51.8 Å². The van der Waals surface area contributed by atoms with Crippen molar-refractivity contribution < 1.29 is 17.9 Å². The van der Waals surface area contributed by atoms with Gasteiger partial charge in [-0.15, -0.1) is 0 Å². The monoisotopic (exact) mass is 486 g/mol. The molecule has 1 amide bonds. The van der Waals surface area contributed by atoms with Crippen LogP contribution in [-0.2, 0) is 14.8 Å². The molecule has 6 nitrogen and oxygen atoms in total. The summed E-state index contributed by atoms with van der Waals surface area (Å²) >= 11 is 9.43. The molecule has 150 valence electrons. The molecule has 1 aliphatic rings. The van der Waals surface area contributed by atoms with Gasteiger partial charge in [0.25, 0.3) is 0 Å². The third-order valence-corrected chi connectivity index (χ3v) is 7.31. The lowest BCUT2D eigenvalue weighted by Crippen LogP contribution is -2.43. The van der Waals surface area contributed by atoms with E-state index in [9.17, 15) is 13.2 Å². The summed E-state index contributed by atoms with van der Waals surface area (Å²) < 4.78 is 33.3. The van der Waals surface area contributed by atoms with Crippen LogP contribution in [0.2, 0.25) is 5.02 Å². The Balaban J connectivity index is 1.73. The molecule has 28 heavy (non-hydrogen) atoms. The van der Waals surface area contributed by atoms with Crippen LogP contribution in [0, 0.1) is 5.92 Å². The number of benzene rings is 2. The summed E-state index contributed by atoms with van der Waals surface area (Å²) in [7, 11) is -2.28. The van der Waals surface area contributed by atoms with Crippen molar-refractivity contribution in [3.63, 3.8) is 0 Å². The molecular weight excluding hydrogens is 468 g/mol. The van der Waals surface area contributed by atoms with E-state index in [0.29, 0.717) is 30.8 Å². The maximum absolute atomic E-state index is 13.0. The number of nitrogens with zero attached hydrogens (tertiary/aromatic N) is 1. The van der Waals surface area contributed by atoms with Gasteiger partial charge in [-0.25, -0.2) is 8.42 Å². The van der Waals surface area contributed by atoms with Crippen LogP contribution in [-0.4, -0.2) is 38.8 Å². The second-order valence-electron chi connectivity index (χ2n) is 6.49. The molecule has 1 aliphatic heterocycles. The standard InChI is InChI=1S/C19H20BrClN2O4S/c1-27-18-9-8-16(11-17(18)21)28(25,26)23-10-2-3-13(12-23)19(24)22-15-6-4-14(20)5-7-15/h4-9,11,13H,2-3,10,12H2,1H3,(H,22,24)/t13-/m0/s1. The summed E-state index contributed by atoms with van der Waals surface area (Å²) in [4.78, 5) is 12.7. The Kier molecular flexibility index (Phi) is 6.65. The SMILES string of the molecule is COc1ccc(S(=O)(=O)N2CCC[C@H](C(=O)Nc3ccc(Br)cc3)C2)cc1Cl. The van der Waals surface area contributed by atoms with E-state index >= 15 is 0 Å². The summed E-state index contributed by atoms with van der Waals surface area (Å²) in [6.45, 7) is 0.502. The second kappa shape index (κ2) is 8.82. The molecule has 0 bridgehead atoms. The molecule has 1 heterocycles. The van der Waals surface area contributed by atoms with Gasteiger partial charge in [0.2, 0.25) is 15.9 Å². The van der Waals surface area contributed by atoms with Crippen molar-refractivity contribution in [3.8, 4) is 5.75 Å². The van der Waals surface area contributed by atoms with E-state index in [2.05, 4.69) is 21.2 Å². The van der Waals surface area contributed by atoms with E-state index in [1.807, 2.05) is 12.1 Å². The topological polar surface area (TPSA) is 75.7 Å². The molecule has 3 rings (SSSR count). The molecular formula is C19H20BrClN2O4S. The first kappa shape index (κ1) is 21.1. The molecule has 0 aromatic heterocycles. The number of amides is 1. The van der Waals surface area contributed by atoms with Gasteiger partial charge < -0.3 is 10.1 Å². The third kappa shape index (κ3) is 4.68. The van der Waals surface area contributed by atoms with Crippen LogP contribution in [0.1, 0.15) is 12.8 Å². The van der Waals surface area contributed by atoms with Gasteiger partial charge in [0.15, 0.2) is 0 Å². The Bertz CT molecular complexity index is 966. The molecule has 0 aliphatic carbocycles. The summed E-state index contributed by atoms with van der Waals surface area (Å²) in [5.41, 5.74) is 0.676. The van der Waals surface area contributed by atoms with E-state index in [1.165, 1.54) is 29.6 Å². The molecule has 1 atom stereocenters. The maximum Gasteiger partial charge on any atom is 0.243 e. The van der Waals surface area contributed by atoms with Crippen molar-refractivity contribution in [1.29, 1.82) is 0 Å². The second-order valence-corrected chi connectivity index (χ2v) is 9.76. The van der Waals surface area contributed by atoms with Crippen LogP contribution in [0.3, 0.4) is 0 Å². The summed E-state index contributed by atoms with van der Waals surface area (Å²) in [5, 5.41) is 3.08. The number of rotatable bonds is 5. The van der Waals surface area contributed by atoms with Crippen molar-refractivity contribution >= 4 is 49.1 Å². The van der Waals surface area contributed by atoms with Crippen molar-refractivity contribution in [3.05, 3.63) is 52.0 Å². The lowest BCUT2D eigenvalue weighted by Gasteiger charge is -2.31. The van der Waals surface area contributed by atoms with Gasteiger partial charge in [-0.3, -0.25) is 4.79 Å². The van der Waals surface area contributed by atoms with Gasteiger partial charge in [0.1, 0.15) is 5.75 Å². The normalized spacial score (nSPS) is 17.9. The van der Waals surface area contributed by atoms with Gasteiger partial charge in [0, 0.05) is 23.2 Å². The Labute approximate surface area is 178 Å². The van der Waals surface area contributed by atoms with Crippen LogP contribution < -0.4 is 10.1 Å². The molecule has 0 unspecified atom stereocenters. The van der Waals surface area contributed by atoms with E-state index in [1.54, 1.807) is 12.1 Å². The highest BCUT2D eigenvalue weighted by Crippen LogP contribution is 2.30. The fourth-order valence-electron chi connectivity index (χ4n) is 3.11. The van der Waals surface area contributed by atoms with Gasteiger partial charge in [-0.1, -0.05) is 27.5 Å². The molecule has 0 radical (unpaired) electrons. The fraction of sp³-hybridized carbons (Fsp3) is 0.316. The number of ether oxygens (including phenoxy) is 1. The first-order valence-electron chi connectivity index (χ1n) is 8.71. The van der Waals surface area contributed by atoms with Crippen molar-refractivity contribution in [2.24, 2.45) is 5.92 Å². The van der Waals surface area contributed by atoms with Gasteiger partial charge in [0.05, 0.1) is 22.9 Å². The number of carbonyl (C=O) groups is 1. The van der Waals surface area contributed by atoms with Crippen LogP contribution >= 0.6 is 27.5 Å². The highest BCUT2D eigenvalue weighted by molar-refractivity contribution is 9.10. The van der Waals surface area contributed by atoms with E-state index in [4.69, 9.17) is 16.3 Å². The highest BCUT2D eigenvalue weighted by Gasteiger charge is 2.33. The molecule has 1 saturated heterocycles. The Morgan fingerprint density at radius 2 is 1.96 bits per heavy atom. The number of anilines is 1. The summed E-state index contributed by atoms with van der Waals surface area (Å²) in [6, 6.07) is 11.6. The maximum atomic E-state index is 13.0. The Morgan fingerprint density at radius 1 is 1.25 bits per heavy atom. The number of methoxy groups -OCH3 is 1. The van der Waals surface area contributed by atoms with E-state index in [-0.39, 0.29) is 22.4 Å². The van der Waals surface area contributed by atoms with Crippen LogP contribution in [0.4, 0.5) is 5.69 Å². The first-order valence-corrected chi connectivity index (χ1v) is 11.3. The minimum atomic E-state index is -3.75. The number of carbonyl (C=O) groups excluding carboxylic acids is 1. The quantitative estimate of drug-likeness (QED) is 0.687. The van der Waals surface area contributed by atoms with Crippen molar-refractivity contribution in [2.45, 2.75) is 17.7 Å². The zero-order valence-corrected chi connectivity index (χ0v) is 18.4. The fourth-order valence-corrected chi connectivity index (χ4v) is 5.25. The third-order valence-electron chi connectivity index (χ3n) is 4.63. The average Bonchev–Trinajstić information content (AvgIpc) is 2.69. The Morgan fingerprint density at radius 3 is 2.61 bits per heavy atom. The predicted octanol–water partition coefficient (Wildman–Crippen LogP) is 4.15. The number of halogens is 2. The van der Waals surface area contributed by atoms with Crippen LogP contribution in [0.25, 0.3) is 0 Å². The molecule has 9 heteroatoms. The highest BCUT2D eigenvalue weighted by atomic mass is 79.9. The number of sulfonamides is 1. The van der Waals surface area contributed by atoms with Crippen LogP contribution in [0.5, 0.6) is 5.75 Å². The molecule has 0 saturated carbocycles. The summed E-state index contributed by atoms with van der Waals surface area (Å²) in [6.07, 6.45) is 1.25. The van der Waals surface area contributed by atoms with Crippen molar-refractivity contribution in [1.82, 2.24) is 4.31 Å². The average molecular weight is 488 g/mol. The van der Waals surface area contributed by atoms with E-state index in [0.717, 1.165) is 4.47 Å². The molecule has 1 N–H and O–H groups in total. The molecule has 2 aromatic carbocycles. The van der Waals surface area contributed by atoms with E-state index < -0.39 is 15.9 Å². The zero-order valence-electron chi connectivity index (χ0n) is 15.2. The minimum Gasteiger partial charge on any atom is -0.495 e. The zero-order chi connectivity index (χ0) is 20.3. The molecule has 2 aromatic rings. The predicted molar refractivity (Wildman–Crippen MR) is 112 cm³/mol. The van der Waals surface area contributed by atoms with Gasteiger partial charge in [-0.05, 0) is 55.3 Å². The van der Waals surface area contributed by atoms with Gasteiger partial charge in [-0.2, -0.15) is 4.31 Å².